The lowest BCUT2D eigenvalue weighted by Gasteiger charge is -2.09. The first-order valence-electron chi connectivity index (χ1n) is 8.38. The molecule has 5 heteroatoms. The number of hydrogen-bond acceptors (Lipinski definition) is 3. The molecule has 26 heavy (non-hydrogen) atoms. The summed E-state index contributed by atoms with van der Waals surface area (Å²) in [5.41, 5.74) is 4.73. The summed E-state index contributed by atoms with van der Waals surface area (Å²) < 4.78 is 1.80. The maximum Gasteiger partial charge on any atom is 0.274 e. The number of para-hydroxylation sites is 1. The zero-order chi connectivity index (χ0) is 17.9. The van der Waals surface area contributed by atoms with Gasteiger partial charge in [0.25, 0.3) is 5.91 Å². The van der Waals surface area contributed by atoms with E-state index in [4.69, 9.17) is 0 Å². The number of fused-ring (bicyclic) bond motifs is 1. The van der Waals surface area contributed by atoms with Crippen molar-refractivity contribution in [2.24, 2.45) is 0 Å². The fraction of sp³-hybridized carbons (Fsp3) is 0.0476. The maximum absolute atomic E-state index is 12.7. The number of rotatable bonds is 4. The first-order chi connectivity index (χ1) is 12.7. The molecule has 0 aliphatic rings. The van der Waals surface area contributed by atoms with Crippen LogP contribution in [0.4, 0.5) is 17.1 Å². The number of amides is 1. The molecule has 0 aliphatic heterocycles. The van der Waals surface area contributed by atoms with Crippen LogP contribution < -0.4 is 10.6 Å². The van der Waals surface area contributed by atoms with Crippen LogP contribution in [0.2, 0.25) is 0 Å². The van der Waals surface area contributed by atoms with E-state index in [1.165, 1.54) is 0 Å². The largest absolute Gasteiger partial charge is 0.356 e. The van der Waals surface area contributed by atoms with Gasteiger partial charge in [-0.3, -0.25) is 9.20 Å². The summed E-state index contributed by atoms with van der Waals surface area (Å²) in [5, 5.41) is 6.26. The second kappa shape index (κ2) is 6.72. The van der Waals surface area contributed by atoms with Crippen molar-refractivity contribution in [2.75, 3.05) is 10.6 Å². The molecule has 2 heterocycles. The summed E-state index contributed by atoms with van der Waals surface area (Å²) >= 11 is 0. The van der Waals surface area contributed by atoms with Gasteiger partial charge in [-0.15, -0.1) is 0 Å². The van der Waals surface area contributed by atoms with Gasteiger partial charge in [-0.05, 0) is 55.5 Å². The SMILES string of the molecule is Cc1nc2ccccn2c1C(=O)Nc1ccc(Nc2ccccc2)cc1. The van der Waals surface area contributed by atoms with Gasteiger partial charge in [-0.1, -0.05) is 24.3 Å². The summed E-state index contributed by atoms with van der Waals surface area (Å²) in [7, 11) is 0. The quantitative estimate of drug-likeness (QED) is 0.568. The number of carbonyl (C=O) groups excluding carboxylic acids is 1. The van der Waals surface area contributed by atoms with E-state index in [1.807, 2.05) is 85.9 Å². The van der Waals surface area contributed by atoms with Gasteiger partial charge in [-0.2, -0.15) is 0 Å². The third-order valence-corrected chi connectivity index (χ3v) is 4.12. The molecule has 0 atom stereocenters. The first-order valence-corrected chi connectivity index (χ1v) is 8.38. The van der Waals surface area contributed by atoms with Crippen molar-refractivity contribution >= 4 is 28.6 Å². The number of hydrogen-bond donors (Lipinski definition) is 2. The molecule has 4 aromatic rings. The lowest BCUT2D eigenvalue weighted by atomic mass is 10.2. The molecule has 0 saturated heterocycles. The standard InChI is InChI=1S/C21H18N4O/c1-15-20(25-14-6-5-9-19(25)22-15)21(26)24-18-12-10-17(11-13-18)23-16-7-3-2-4-8-16/h2-14,23H,1H3,(H,24,26). The average Bonchev–Trinajstić information content (AvgIpc) is 3.00. The van der Waals surface area contributed by atoms with Gasteiger partial charge in [0.1, 0.15) is 11.3 Å². The molecular formula is C21H18N4O. The Labute approximate surface area is 151 Å². The number of carbonyl (C=O) groups is 1. The van der Waals surface area contributed by atoms with Gasteiger partial charge in [0, 0.05) is 23.3 Å². The molecule has 128 valence electrons. The number of aromatic nitrogens is 2. The number of pyridine rings is 1. The normalized spacial score (nSPS) is 10.7. The van der Waals surface area contributed by atoms with E-state index in [-0.39, 0.29) is 5.91 Å². The van der Waals surface area contributed by atoms with Crippen LogP contribution in [0.3, 0.4) is 0 Å². The number of imidazole rings is 1. The average molecular weight is 342 g/mol. The number of nitrogens with zero attached hydrogens (tertiary/aromatic N) is 2. The Morgan fingerprint density at radius 1 is 0.846 bits per heavy atom. The Bertz CT molecular complexity index is 1050. The molecule has 0 fully saturated rings. The van der Waals surface area contributed by atoms with Crippen LogP contribution in [0.1, 0.15) is 16.2 Å². The Kier molecular flexibility index (Phi) is 4.11. The molecule has 5 nitrogen and oxygen atoms in total. The molecule has 0 aliphatic carbocycles. The van der Waals surface area contributed by atoms with Crippen LogP contribution in [0.5, 0.6) is 0 Å². The lowest BCUT2D eigenvalue weighted by molar-refractivity contribution is 0.102. The highest BCUT2D eigenvalue weighted by Crippen LogP contribution is 2.20. The molecule has 2 aromatic carbocycles. The number of aryl methyl sites for hydroxylation is 1. The minimum atomic E-state index is -0.176. The maximum atomic E-state index is 12.7. The van der Waals surface area contributed by atoms with E-state index in [2.05, 4.69) is 15.6 Å². The molecule has 2 N–H and O–H groups in total. The molecule has 0 radical (unpaired) electrons. The fourth-order valence-corrected chi connectivity index (χ4v) is 2.90. The van der Waals surface area contributed by atoms with E-state index in [0.29, 0.717) is 11.4 Å². The van der Waals surface area contributed by atoms with Gasteiger partial charge in [0.05, 0.1) is 5.69 Å². The van der Waals surface area contributed by atoms with Crippen LogP contribution in [0.25, 0.3) is 5.65 Å². The van der Waals surface area contributed by atoms with Crippen molar-refractivity contribution < 1.29 is 4.79 Å². The summed E-state index contributed by atoms with van der Waals surface area (Å²) in [6.45, 7) is 1.84. The topological polar surface area (TPSA) is 58.4 Å². The molecule has 0 bridgehead atoms. The lowest BCUT2D eigenvalue weighted by Crippen LogP contribution is -2.15. The van der Waals surface area contributed by atoms with Crippen molar-refractivity contribution in [3.05, 3.63) is 90.4 Å². The van der Waals surface area contributed by atoms with Gasteiger partial charge in [0.2, 0.25) is 0 Å². The third kappa shape index (κ3) is 3.15. The van der Waals surface area contributed by atoms with Crippen molar-refractivity contribution in [2.45, 2.75) is 6.92 Å². The smallest absolute Gasteiger partial charge is 0.274 e. The van der Waals surface area contributed by atoms with E-state index in [9.17, 15) is 4.79 Å². The van der Waals surface area contributed by atoms with Gasteiger partial charge in [0.15, 0.2) is 0 Å². The summed E-state index contributed by atoms with van der Waals surface area (Å²) in [6, 6.07) is 23.2. The minimum absolute atomic E-state index is 0.176. The van der Waals surface area contributed by atoms with E-state index in [0.717, 1.165) is 22.7 Å². The van der Waals surface area contributed by atoms with E-state index < -0.39 is 0 Å². The second-order valence-corrected chi connectivity index (χ2v) is 6.00. The highest BCUT2D eigenvalue weighted by atomic mass is 16.2. The zero-order valence-electron chi connectivity index (χ0n) is 14.3. The Hall–Kier alpha value is -3.60. The van der Waals surface area contributed by atoms with Gasteiger partial charge >= 0.3 is 0 Å². The Morgan fingerprint density at radius 2 is 1.50 bits per heavy atom. The second-order valence-electron chi connectivity index (χ2n) is 6.00. The highest BCUT2D eigenvalue weighted by Gasteiger charge is 2.16. The molecule has 0 spiro atoms. The van der Waals surface area contributed by atoms with Crippen LogP contribution >= 0.6 is 0 Å². The van der Waals surface area contributed by atoms with Crippen LogP contribution in [-0.2, 0) is 0 Å². The van der Waals surface area contributed by atoms with Crippen molar-refractivity contribution in [1.82, 2.24) is 9.38 Å². The zero-order valence-corrected chi connectivity index (χ0v) is 14.3. The number of anilines is 3. The summed E-state index contributed by atoms with van der Waals surface area (Å²) in [6.07, 6.45) is 1.84. The minimum Gasteiger partial charge on any atom is -0.356 e. The van der Waals surface area contributed by atoms with Gasteiger partial charge < -0.3 is 10.6 Å². The molecular weight excluding hydrogens is 324 g/mol. The molecule has 0 saturated carbocycles. The predicted octanol–water partition coefficient (Wildman–Crippen LogP) is 4.64. The first kappa shape index (κ1) is 15.9. The number of benzene rings is 2. The molecule has 2 aromatic heterocycles. The monoisotopic (exact) mass is 342 g/mol. The predicted molar refractivity (Wildman–Crippen MR) is 104 cm³/mol. The van der Waals surface area contributed by atoms with Crippen LogP contribution in [-0.4, -0.2) is 15.3 Å². The van der Waals surface area contributed by atoms with Crippen molar-refractivity contribution in [1.29, 1.82) is 0 Å². The van der Waals surface area contributed by atoms with Crippen molar-refractivity contribution in [3.8, 4) is 0 Å². The Balaban J connectivity index is 1.52. The molecule has 4 rings (SSSR count). The summed E-state index contributed by atoms with van der Waals surface area (Å²) in [5.74, 6) is -0.176. The van der Waals surface area contributed by atoms with E-state index in [1.54, 1.807) is 4.40 Å². The van der Waals surface area contributed by atoms with Crippen LogP contribution in [0.15, 0.2) is 79.0 Å². The van der Waals surface area contributed by atoms with Gasteiger partial charge in [-0.25, -0.2) is 4.98 Å². The highest BCUT2D eigenvalue weighted by molar-refractivity contribution is 6.04. The Morgan fingerprint density at radius 3 is 2.27 bits per heavy atom. The van der Waals surface area contributed by atoms with Crippen molar-refractivity contribution in [3.63, 3.8) is 0 Å². The summed E-state index contributed by atoms with van der Waals surface area (Å²) in [4.78, 5) is 17.1. The third-order valence-electron chi connectivity index (χ3n) is 4.12. The fourth-order valence-electron chi connectivity index (χ4n) is 2.90. The number of nitrogens with one attached hydrogen (secondary N) is 2. The van der Waals surface area contributed by atoms with Crippen LogP contribution in [0, 0.1) is 6.92 Å². The van der Waals surface area contributed by atoms with E-state index >= 15 is 0 Å². The molecule has 1 amide bonds. The molecule has 0 unspecified atom stereocenters.